The molecule has 0 fully saturated rings. The van der Waals surface area contributed by atoms with E-state index in [4.69, 9.17) is 15.4 Å². The Bertz CT molecular complexity index is 2670. The van der Waals surface area contributed by atoms with Crippen LogP contribution in [-0.2, 0) is 0 Å². The van der Waals surface area contributed by atoms with Crippen LogP contribution < -0.4 is 0 Å². The smallest absolute Gasteiger partial charge is 0.212 e. The molecular formula is C39H21F4N7O. The number of benzene rings is 4. The van der Waals surface area contributed by atoms with Crippen molar-refractivity contribution in [3.8, 4) is 62.0 Å². The predicted molar refractivity (Wildman–Crippen MR) is 185 cm³/mol. The van der Waals surface area contributed by atoms with Crippen LogP contribution in [0, 0.1) is 28.7 Å². The van der Waals surface area contributed by atoms with Gasteiger partial charge >= 0.3 is 0 Å². The predicted octanol–water partition coefficient (Wildman–Crippen LogP) is 8.96. The molecule has 4 aromatic heterocycles. The molecular weight excluding hydrogens is 658 g/mol. The second-order valence-electron chi connectivity index (χ2n) is 11.5. The highest BCUT2D eigenvalue weighted by Crippen LogP contribution is 2.38. The maximum Gasteiger partial charge on any atom is 0.212 e. The fourth-order valence-corrected chi connectivity index (χ4v) is 5.75. The van der Waals surface area contributed by atoms with Crippen LogP contribution in [-0.4, -0.2) is 41.2 Å². The van der Waals surface area contributed by atoms with Crippen molar-refractivity contribution in [2.24, 2.45) is 0 Å². The zero-order valence-electron chi connectivity index (χ0n) is 26.1. The quantitative estimate of drug-likeness (QED) is 0.133. The van der Waals surface area contributed by atoms with Crippen molar-refractivity contribution in [3.05, 3.63) is 138 Å². The van der Waals surface area contributed by atoms with Gasteiger partial charge in [-0.2, -0.15) is 4.98 Å². The Morgan fingerprint density at radius 3 is 1.41 bits per heavy atom. The Hall–Kier alpha value is -6.95. The summed E-state index contributed by atoms with van der Waals surface area (Å²) in [7, 11) is 0. The Kier molecular flexibility index (Phi) is 7.68. The van der Waals surface area contributed by atoms with Gasteiger partial charge in [-0.1, -0.05) is 0 Å². The SMILES string of the molecule is N=Cc1ccc2nc(-c3ccc(F)c(-c4cc(-c5nc6nc(O)ccc6nc5-c5ccc(F)cc5)ccc4F)c3)c(-c3ccc(F)cc3)nc2n1. The Morgan fingerprint density at radius 1 is 0.451 bits per heavy atom. The van der Waals surface area contributed by atoms with Gasteiger partial charge in [-0.05, 0) is 103 Å². The lowest BCUT2D eigenvalue weighted by molar-refractivity contribution is 0.455. The van der Waals surface area contributed by atoms with Gasteiger partial charge in [-0.3, -0.25) is 0 Å². The van der Waals surface area contributed by atoms with Crippen molar-refractivity contribution in [2.45, 2.75) is 0 Å². The minimum Gasteiger partial charge on any atom is -0.493 e. The number of rotatable bonds is 6. The summed E-state index contributed by atoms with van der Waals surface area (Å²) in [5, 5.41) is 17.6. The maximum atomic E-state index is 15.7. The third-order valence-electron chi connectivity index (χ3n) is 8.22. The standard InChI is InChI=1S/C39H21F4N7O/c40-24-7-1-20(2-8-24)34-37(50-39-32(46-34)15-16-33(51)48-39)23-6-13-30(43)28(18-23)27-17-22(5-12-29(27)42)36-35(21-3-9-25(41)10-4-21)49-38-31(47-36)14-11-26(19-44)45-38/h1-19,44H,(H,48,50,51). The van der Waals surface area contributed by atoms with Crippen molar-refractivity contribution in [3.63, 3.8) is 0 Å². The molecule has 0 spiro atoms. The molecule has 0 saturated carbocycles. The first-order chi connectivity index (χ1) is 24.7. The number of nitrogens with one attached hydrogen (secondary N) is 1. The molecule has 4 heterocycles. The second kappa shape index (κ2) is 12.5. The van der Waals surface area contributed by atoms with E-state index in [0.717, 1.165) is 6.21 Å². The lowest BCUT2D eigenvalue weighted by atomic mass is 9.95. The molecule has 0 unspecified atom stereocenters. The van der Waals surface area contributed by atoms with Gasteiger partial charge in [0.25, 0.3) is 0 Å². The third kappa shape index (κ3) is 5.88. The molecule has 8 rings (SSSR count). The van der Waals surface area contributed by atoms with E-state index in [1.807, 2.05) is 0 Å². The molecule has 12 heteroatoms. The van der Waals surface area contributed by atoms with Crippen LogP contribution in [0.15, 0.2) is 109 Å². The fourth-order valence-electron chi connectivity index (χ4n) is 5.75. The summed E-state index contributed by atoms with van der Waals surface area (Å²) in [5.41, 5.74) is 4.21. The van der Waals surface area contributed by atoms with Crippen LogP contribution in [0.25, 0.3) is 78.5 Å². The monoisotopic (exact) mass is 679 g/mol. The van der Waals surface area contributed by atoms with Crippen LogP contribution in [0.3, 0.4) is 0 Å². The Balaban J connectivity index is 1.31. The highest BCUT2D eigenvalue weighted by Gasteiger charge is 2.21. The Morgan fingerprint density at radius 2 is 0.882 bits per heavy atom. The largest absolute Gasteiger partial charge is 0.493 e. The Labute approximate surface area is 286 Å². The van der Waals surface area contributed by atoms with Crippen LogP contribution >= 0.6 is 0 Å². The van der Waals surface area contributed by atoms with Crippen molar-refractivity contribution in [1.82, 2.24) is 29.9 Å². The van der Waals surface area contributed by atoms with Gasteiger partial charge in [0.05, 0.1) is 28.5 Å². The molecule has 51 heavy (non-hydrogen) atoms. The highest BCUT2D eigenvalue weighted by atomic mass is 19.1. The maximum absolute atomic E-state index is 15.7. The number of hydrogen-bond acceptors (Lipinski definition) is 8. The van der Waals surface area contributed by atoms with Gasteiger partial charge in [0, 0.05) is 45.7 Å². The number of aromatic nitrogens is 6. The summed E-state index contributed by atoms with van der Waals surface area (Å²) in [6.45, 7) is 0. The van der Waals surface area contributed by atoms with Crippen molar-refractivity contribution in [2.75, 3.05) is 0 Å². The van der Waals surface area contributed by atoms with E-state index >= 15 is 8.78 Å². The number of fused-ring (bicyclic) bond motifs is 2. The molecule has 0 radical (unpaired) electrons. The van der Waals surface area contributed by atoms with Crippen LogP contribution in [0.1, 0.15) is 5.69 Å². The number of aromatic hydroxyl groups is 1. The molecule has 4 aromatic carbocycles. The molecule has 8 nitrogen and oxygen atoms in total. The van der Waals surface area contributed by atoms with Gasteiger partial charge in [0.2, 0.25) is 5.88 Å². The summed E-state index contributed by atoms with van der Waals surface area (Å²) in [6.07, 6.45) is 1.08. The molecule has 0 saturated heterocycles. The van der Waals surface area contributed by atoms with Gasteiger partial charge in [0.1, 0.15) is 34.3 Å². The second-order valence-corrected chi connectivity index (χ2v) is 11.5. The zero-order valence-corrected chi connectivity index (χ0v) is 26.1. The summed E-state index contributed by atoms with van der Waals surface area (Å²) in [6, 6.07) is 25.6. The fraction of sp³-hybridized carbons (Fsp3) is 0. The molecule has 0 bridgehead atoms. The molecule has 8 aromatic rings. The zero-order chi connectivity index (χ0) is 35.2. The summed E-state index contributed by atoms with van der Waals surface area (Å²) < 4.78 is 59.2. The normalized spacial score (nSPS) is 11.3. The minimum atomic E-state index is -0.727. The van der Waals surface area contributed by atoms with Gasteiger partial charge in [-0.25, -0.2) is 42.5 Å². The van der Waals surface area contributed by atoms with E-state index in [1.165, 1.54) is 97.1 Å². The number of hydrogen-bond donors (Lipinski definition) is 2. The number of nitrogens with zero attached hydrogens (tertiary/aromatic N) is 6. The third-order valence-corrected chi connectivity index (χ3v) is 8.22. The van der Waals surface area contributed by atoms with Gasteiger partial charge < -0.3 is 10.5 Å². The first kappa shape index (κ1) is 31.3. The van der Waals surface area contributed by atoms with Crippen LogP contribution in [0.2, 0.25) is 0 Å². The van der Waals surface area contributed by atoms with E-state index in [-0.39, 0.29) is 34.0 Å². The molecule has 0 aliphatic heterocycles. The highest BCUT2D eigenvalue weighted by molar-refractivity contribution is 5.89. The lowest BCUT2D eigenvalue weighted by Crippen LogP contribution is -2.00. The lowest BCUT2D eigenvalue weighted by Gasteiger charge is -2.14. The molecule has 0 aliphatic rings. The van der Waals surface area contributed by atoms with Crippen molar-refractivity contribution < 1.29 is 22.7 Å². The van der Waals surface area contributed by atoms with Crippen molar-refractivity contribution in [1.29, 1.82) is 5.41 Å². The van der Waals surface area contributed by atoms with E-state index in [1.54, 1.807) is 12.1 Å². The average molecular weight is 680 g/mol. The van der Waals surface area contributed by atoms with E-state index in [0.29, 0.717) is 56.1 Å². The minimum absolute atomic E-state index is 0.0936. The first-order valence-electron chi connectivity index (χ1n) is 15.4. The van der Waals surface area contributed by atoms with E-state index in [2.05, 4.69) is 19.9 Å². The molecule has 0 atom stereocenters. The van der Waals surface area contributed by atoms with E-state index < -0.39 is 23.3 Å². The van der Waals surface area contributed by atoms with Crippen LogP contribution in [0.5, 0.6) is 5.88 Å². The van der Waals surface area contributed by atoms with Gasteiger partial charge in [0.15, 0.2) is 11.3 Å². The number of halogens is 4. The van der Waals surface area contributed by atoms with E-state index in [9.17, 15) is 13.9 Å². The first-order valence-corrected chi connectivity index (χ1v) is 15.4. The van der Waals surface area contributed by atoms with Gasteiger partial charge in [-0.15, -0.1) is 0 Å². The molecule has 246 valence electrons. The van der Waals surface area contributed by atoms with Crippen molar-refractivity contribution >= 4 is 28.5 Å². The average Bonchev–Trinajstić information content (AvgIpc) is 3.15. The number of pyridine rings is 2. The molecule has 0 amide bonds. The van der Waals surface area contributed by atoms with Crippen LogP contribution in [0.4, 0.5) is 17.6 Å². The molecule has 2 N–H and O–H groups in total. The summed E-state index contributed by atoms with van der Waals surface area (Å²) in [5.74, 6) is -2.64. The summed E-state index contributed by atoms with van der Waals surface area (Å²) >= 11 is 0. The summed E-state index contributed by atoms with van der Waals surface area (Å²) in [4.78, 5) is 27.3. The molecule has 0 aliphatic carbocycles. The topological polar surface area (TPSA) is 121 Å².